The summed E-state index contributed by atoms with van der Waals surface area (Å²) in [4.78, 5) is 24.5. The third-order valence-corrected chi connectivity index (χ3v) is 13.3. The number of aliphatic hydroxyl groups is 2. The van der Waals surface area contributed by atoms with Crippen LogP contribution >= 0.6 is 0 Å². The minimum absolute atomic E-state index is 0.00801. The van der Waals surface area contributed by atoms with Crippen LogP contribution in [-0.4, -0.2) is 47.4 Å². The summed E-state index contributed by atoms with van der Waals surface area (Å²) < 4.78 is 5.47. The van der Waals surface area contributed by atoms with Crippen molar-refractivity contribution in [2.45, 2.75) is 328 Å². The number of hydrogen-bond donors (Lipinski definition) is 3. The van der Waals surface area contributed by atoms with Gasteiger partial charge in [0.2, 0.25) is 5.91 Å². The van der Waals surface area contributed by atoms with Gasteiger partial charge in [-0.05, 0) is 51.4 Å². The highest BCUT2D eigenvalue weighted by molar-refractivity contribution is 5.76. The summed E-state index contributed by atoms with van der Waals surface area (Å²) in [5.41, 5.74) is 0. The Morgan fingerprint density at radius 2 is 0.746 bits per heavy atom. The van der Waals surface area contributed by atoms with E-state index in [1.807, 2.05) is 0 Å². The van der Waals surface area contributed by atoms with Gasteiger partial charge in [0.25, 0.3) is 0 Å². The average Bonchev–Trinajstić information content (AvgIpc) is 3.28. The lowest BCUT2D eigenvalue weighted by molar-refractivity contribution is -0.143. The van der Waals surface area contributed by atoms with Crippen LogP contribution in [0.15, 0.2) is 12.2 Å². The van der Waals surface area contributed by atoms with E-state index in [1.54, 1.807) is 0 Å². The van der Waals surface area contributed by atoms with Gasteiger partial charge in [-0.1, -0.05) is 264 Å². The van der Waals surface area contributed by atoms with Gasteiger partial charge < -0.3 is 20.3 Å². The number of allylic oxidation sites excluding steroid dienone is 2. The molecule has 0 aromatic carbocycles. The summed E-state index contributed by atoms with van der Waals surface area (Å²) in [5.74, 6) is -0.0705. The first kappa shape index (κ1) is 61.6. The molecule has 3 N–H and O–H groups in total. The molecule has 0 aromatic rings. The third kappa shape index (κ3) is 49.9. The normalized spacial score (nSPS) is 12.6. The molecule has 0 fully saturated rings. The van der Waals surface area contributed by atoms with Crippen molar-refractivity contribution in [3.05, 3.63) is 12.2 Å². The van der Waals surface area contributed by atoms with E-state index in [1.165, 1.54) is 212 Å². The van der Waals surface area contributed by atoms with Gasteiger partial charge in [-0.3, -0.25) is 9.59 Å². The number of carbonyl (C=O) groups is 2. The average molecular weight is 891 g/mol. The molecule has 0 rings (SSSR count). The Morgan fingerprint density at radius 1 is 0.429 bits per heavy atom. The Balaban J connectivity index is 3.46. The second-order valence-corrected chi connectivity index (χ2v) is 19.6. The molecule has 6 nitrogen and oxygen atoms in total. The van der Waals surface area contributed by atoms with E-state index < -0.39 is 12.1 Å². The highest BCUT2D eigenvalue weighted by atomic mass is 16.5. The van der Waals surface area contributed by atoms with Crippen molar-refractivity contribution in [2.75, 3.05) is 13.2 Å². The Kier molecular flexibility index (Phi) is 52.0. The summed E-state index contributed by atoms with van der Waals surface area (Å²) in [6, 6.07) is -0.561. The molecule has 0 aromatic heterocycles. The molecule has 0 aliphatic carbocycles. The molecule has 63 heavy (non-hydrogen) atoms. The Bertz CT molecular complexity index is 939. The second-order valence-electron chi connectivity index (χ2n) is 19.6. The van der Waals surface area contributed by atoms with Crippen LogP contribution in [0.25, 0.3) is 0 Å². The van der Waals surface area contributed by atoms with E-state index in [4.69, 9.17) is 4.74 Å². The number of unbranched alkanes of at least 4 members (excludes halogenated alkanes) is 40. The van der Waals surface area contributed by atoms with Crippen LogP contribution in [0.5, 0.6) is 0 Å². The van der Waals surface area contributed by atoms with E-state index in [-0.39, 0.29) is 18.5 Å². The molecule has 0 heterocycles. The van der Waals surface area contributed by atoms with Gasteiger partial charge in [0.05, 0.1) is 25.4 Å². The monoisotopic (exact) mass is 890 g/mol. The lowest BCUT2D eigenvalue weighted by Gasteiger charge is -2.22. The lowest BCUT2D eigenvalue weighted by atomic mass is 10.0. The topological polar surface area (TPSA) is 95.9 Å². The number of hydrogen-bond acceptors (Lipinski definition) is 5. The standard InChI is InChI=1S/C57H111NO5/c1-3-5-7-9-11-13-15-17-19-21-23-27-31-35-39-43-47-51-57(62)63-52-48-44-40-36-32-28-24-26-30-34-38-42-46-50-56(61)58-54(53-59)55(60)49-45-41-37-33-29-25-22-20-18-16-14-12-10-8-6-4-2/h26,30,54-55,59-60H,3-25,27-29,31-53H2,1-2H3,(H,58,61)/b30-26-. The maximum atomic E-state index is 12.5. The molecule has 0 aliphatic rings. The fourth-order valence-corrected chi connectivity index (χ4v) is 8.93. The van der Waals surface area contributed by atoms with Gasteiger partial charge in [0, 0.05) is 12.8 Å². The van der Waals surface area contributed by atoms with Crippen molar-refractivity contribution in [1.29, 1.82) is 0 Å². The summed E-state index contributed by atoms with van der Waals surface area (Å²) in [6.45, 7) is 4.93. The summed E-state index contributed by atoms with van der Waals surface area (Å²) >= 11 is 0. The highest BCUT2D eigenvalue weighted by Gasteiger charge is 2.20. The SMILES string of the molecule is CCCCCCCCCCCCCCCCCCCC(=O)OCCCCCCCC/C=C\CCCCCC(=O)NC(CO)C(O)CCCCCCCCCCCCCCCCCC. The fraction of sp³-hybridized carbons (Fsp3) is 0.930. The molecule has 0 saturated heterocycles. The largest absolute Gasteiger partial charge is 0.466 e. The Labute approximate surface area is 393 Å². The zero-order valence-corrected chi connectivity index (χ0v) is 42.6. The quantitative estimate of drug-likeness (QED) is 0.0321. The first-order valence-corrected chi connectivity index (χ1v) is 28.4. The highest BCUT2D eigenvalue weighted by Crippen LogP contribution is 2.17. The van der Waals surface area contributed by atoms with Crippen LogP contribution in [0.1, 0.15) is 316 Å². The van der Waals surface area contributed by atoms with Crippen molar-refractivity contribution in [3.63, 3.8) is 0 Å². The smallest absolute Gasteiger partial charge is 0.305 e. The molecule has 0 saturated carbocycles. The number of amides is 1. The van der Waals surface area contributed by atoms with Gasteiger partial charge in [-0.25, -0.2) is 0 Å². The molecule has 0 bridgehead atoms. The van der Waals surface area contributed by atoms with Crippen LogP contribution in [0, 0.1) is 0 Å². The molecular formula is C57H111NO5. The first-order valence-electron chi connectivity index (χ1n) is 28.4. The predicted molar refractivity (Wildman–Crippen MR) is 273 cm³/mol. The van der Waals surface area contributed by atoms with E-state index in [0.717, 1.165) is 70.6 Å². The van der Waals surface area contributed by atoms with Crippen molar-refractivity contribution < 1.29 is 24.5 Å². The minimum Gasteiger partial charge on any atom is -0.466 e. The molecular weight excluding hydrogens is 779 g/mol. The van der Waals surface area contributed by atoms with Gasteiger partial charge in [-0.2, -0.15) is 0 Å². The fourth-order valence-electron chi connectivity index (χ4n) is 8.93. The maximum absolute atomic E-state index is 12.5. The summed E-state index contributed by atoms with van der Waals surface area (Å²) in [6.07, 6.45) is 62.0. The van der Waals surface area contributed by atoms with E-state index in [0.29, 0.717) is 25.9 Å². The number of nitrogens with one attached hydrogen (secondary N) is 1. The van der Waals surface area contributed by atoms with Crippen LogP contribution in [0.4, 0.5) is 0 Å². The van der Waals surface area contributed by atoms with Gasteiger partial charge in [0.15, 0.2) is 0 Å². The van der Waals surface area contributed by atoms with E-state index in [9.17, 15) is 19.8 Å². The van der Waals surface area contributed by atoms with Gasteiger partial charge in [0.1, 0.15) is 0 Å². The van der Waals surface area contributed by atoms with Crippen LogP contribution in [0.3, 0.4) is 0 Å². The minimum atomic E-state index is -0.680. The molecule has 0 spiro atoms. The maximum Gasteiger partial charge on any atom is 0.305 e. The van der Waals surface area contributed by atoms with Crippen molar-refractivity contribution in [3.8, 4) is 0 Å². The predicted octanol–water partition coefficient (Wildman–Crippen LogP) is 17.3. The Morgan fingerprint density at radius 3 is 1.14 bits per heavy atom. The molecule has 6 heteroatoms. The van der Waals surface area contributed by atoms with Gasteiger partial charge in [-0.15, -0.1) is 0 Å². The summed E-state index contributed by atoms with van der Waals surface area (Å²) in [7, 11) is 0. The zero-order chi connectivity index (χ0) is 45.8. The molecule has 2 unspecified atom stereocenters. The first-order chi connectivity index (χ1) is 31.0. The molecule has 0 radical (unpaired) electrons. The zero-order valence-electron chi connectivity index (χ0n) is 42.6. The van der Waals surface area contributed by atoms with E-state index in [2.05, 4.69) is 31.3 Å². The van der Waals surface area contributed by atoms with Crippen molar-refractivity contribution in [1.82, 2.24) is 5.32 Å². The lowest BCUT2D eigenvalue weighted by Crippen LogP contribution is -2.45. The third-order valence-electron chi connectivity index (χ3n) is 13.3. The molecule has 2 atom stereocenters. The van der Waals surface area contributed by atoms with Crippen molar-refractivity contribution in [2.24, 2.45) is 0 Å². The number of esters is 1. The molecule has 374 valence electrons. The van der Waals surface area contributed by atoms with Crippen LogP contribution in [-0.2, 0) is 14.3 Å². The van der Waals surface area contributed by atoms with Crippen LogP contribution in [0.2, 0.25) is 0 Å². The molecule has 0 aliphatic heterocycles. The number of carbonyl (C=O) groups excluding carboxylic acids is 2. The van der Waals surface area contributed by atoms with Gasteiger partial charge >= 0.3 is 5.97 Å². The number of ether oxygens (including phenoxy) is 1. The Hall–Kier alpha value is -1.40. The van der Waals surface area contributed by atoms with Crippen LogP contribution < -0.4 is 5.32 Å². The number of rotatable bonds is 53. The number of aliphatic hydroxyl groups excluding tert-OH is 2. The molecule has 1 amide bonds. The summed E-state index contributed by atoms with van der Waals surface area (Å²) in [5, 5.41) is 23.2. The second kappa shape index (κ2) is 53.2. The van der Waals surface area contributed by atoms with E-state index >= 15 is 0 Å². The van der Waals surface area contributed by atoms with Crippen molar-refractivity contribution >= 4 is 11.9 Å².